The lowest BCUT2D eigenvalue weighted by Gasteiger charge is -2.09. The van der Waals surface area contributed by atoms with Gasteiger partial charge in [0.25, 0.3) is 0 Å². The molecule has 0 aliphatic heterocycles. The maximum Gasteiger partial charge on any atom is 0.306 e. The van der Waals surface area contributed by atoms with E-state index in [1.54, 1.807) is 6.92 Å². The molecule has 118 valence electrons. The van der Waals surface area contributed by atoms with Gasteiger partial charge in [0.2, 0.25) is 0 Å². The number of carbonyl (C=O) groups excluding carboxylic acids is 1. The second-order valence-electron chi connectivity index (χ2n) is 5.40. The summed E-state index contributed by atoms with van der Waals surface area (Å²) in [6.07, 6.45) is 15.3. The summed E-state index contributed by atoms with van der Waals surface area (Å²) in [5.41, 5.74) is 0. The molecule has 0 bridgehead atoms. The largest absolute Gasteiger partial charge is 0.460 e. The molecule has 0 aromatic carbocycles. The van der Waals surface area contributed by atoms with Crippen LogP contribution in [0.4, 0.5) is 0 Å². The second-order valence-corrected chi connectivity index (χ2v) is 5.40. The van der Waals surface area contributed by atoms with Crippen molar-refractivity contribution in [2.24, 2.45) is 0 Å². The molecule has 0 aromatic heterocycles. The van der Waals surface area contributed by atoms with Crippen LogP contribution in [0, 0.1) is 0 Å². The van der Waals surface area contributed by atoms with Crippen LogP contribution in [0.15, 0.2) is 12.2 Å². The minimum absolute atomic E-state index is 0.0997. The van der Waals surface area contributed by atoms with E-state index < -0.39 is 0 Å². The molecule has 0 fully saturated rings. The van der Waals surface area contributed by atoms with Crippen LogP contribution in [-0.4, -0.2) is 23.8 Å². The number of unbranched alkanes of at least 4 members (excludes halogenated alkanes) is 7. The zero-order valence-corrected chi connectivity index (χ0v) is 13.3. The normalized spacial score (nSPS) is 12.8. The molecule has 20 heavy (non-hydrogen) atoms. The molecule has 0 amide bonds. The van der Waals surface area contributed by atoms with Gasteiger partial charge in [0, 0.05) is 6.42 Å². The van der Waals surface area contributed by atoms with Gasteiger partial charge in [0.15, 0.2) is 0 Å². The highest BCUT2D eigenvalue weighted by Gasteiger charge is 2.07. The Kier molecular flexibility index (Phi) is 14.0. The number of allylic oxidation sites excluding steroid dienone is 2. The van der Waals surface area contributed by atoms with Gasteiger partial charge in [0.05, 0.1) is 6.61 Å². The number of carbonyl (C=O) groups is 1. The summed E-state index contributed by atoms with van der Waals surface area (Å²) in [6.45, 7) is 3.82. The molecule has 0 saturated carbocycles. The lowest BCUT2D eigenvalue weighted by molar-refractivity contribution is -0.150. The van der Waals surface area contributed by atoms with E-state index in [0.717, 1.165) is 12.8 Å². The number of esters is 1. The molecule has 0 unspecified atom stereocenters. The third-order valence-electron chi connectivity index (χ3n) is 3.23. The van der Waals surface area contributed by atoms with Crippen LogP contribution < -0.4 is 0 Å². The van der Waals surface area contributed by atoms with Gasteiger partial charge in [-0.2, -0.15) is 0 Å². The number of ether oxygens (including phenoxy) is 1. The molecule has 3 heteroatoms. The Bertz CT molecular complexity index is 249. The summed E-state index contributed by atoms with van der Waals surface area (Å²) in [7, 11) is 0. The van der Waals surface area contributed by atoms with Crippen LogP contribution in [0.1, 0.15) is 78.1 Å². The van der Waals surface area contributed by atoms with E-state index in [4.69, 9.17) is 9.84 Å². The SMILES string of the molecule is CCCC/C=C/CCCCCCCC(=O)O[C@H](C)CO. The van der Waals surface area contributed by atoms with Gasteiger partial charge in [-0.1, -0.05) is 51.2 Å². The Labute approximate surface area is 124 Å². The van der Waals surface area contributed by atoms with Crippen LogP contribution in [0.3, 0.4) is 0 Å². The van der Waals surface area contributed by atoms with Crippen LogP contribution >= 0.6 is 0 Å². The quantitative estimate of drug-likeness (QED) is 0.310. The molecule has 3 nitrogen and oxygen atoms in total. The van der Waals surface area contributed by atoms with E-state index in [9.17, 15) is 4.79 Å². The lowest BCUT2D eigenvalue weighted by atomic mass is 10.1. The highest BCUT2D eigenvalue weighted by atomic mass is 16.5. The zero-order valence-electron chi connectivity index (χ0n) is 13.3. The fraction of sp³-hybridized carbons (Fsp3) is 0.824. The predicted molar refractivity (Wildman–Crippen MR) is 83.6 cm³/mol. The Morgan fingerprint density at radius 2 is 1.65 bits per heavy atom. The summed E-state index contributed by atoms with van der Waals surface area (Å²) >= 11 is 0. The van der Waals surface area contributed by atoms with Crippen molar-refractivity contribution in [3.8, 4) is 0 Å². The van der Waals surface area contributed by atoms with Crippen molar-refractivity contribution in [3.63, 3.8) is 0 Å². The van der Waals surface area contributed by atoms with Crippen LogP contribution in [0.2, 0.25) is 0 Å². The van der Waals surface area contributed by atoms with E-state index in [0.29, 0.717) is 6.42 Å². The van der Waals surface area contributed by atoms with E-state index >= 15 is 0 Å². The minimum Gasteiger partial charge on any atom is -0.460 e. The zero-order chi connectivity index (χ0) is 15.1. The number of hydrogen-bond acceptors (Lipinski definition) is 3. The summed E-state index contributed by atoms with van der Waals surface area (Å²) < 4.78 is 4.99. The van der Waals surface area contributed by atoms with Gasteiger partial charge >= 0.3 is 5.97 Å². The molecule has 0 aromatic rings. The van der Waals surface area contributed by atoms with Gasteiger partial charge in [-0.05, 0) is 32.6 Å². The molecule has 0 rings (SSSR count). The second kappa shape index (κ2) is 14.6. The topological polar surface area (TPSA) is 46.5 Å². The molecule has 0 spiro atoms. The number of aliphatic hydroxyl groups excluding tert-OH is 1. The Hall–Kier alpha value is -0.830. The maximum absolute atomic E-state index is 11.3. The lowest BCUT2D eigenvalue weighted by Crippen LogP contribution is -2.18. The first-order chi connectivity index (χ1) is 9.70. The molecule has 1 atom stereocenters. The van der Waals surface area contributed by atoms with Crippen molar-refractivity contribution < 1.29 is 14.6 Å². The first kappa shape index (κ1) is 19.2. The molecule has 1 N–H and O–H groups in total. The van der Waals surface area contributed by atoms with Gasteiger partial charge in [-0.15, -0.1) is 0 Å². The van der Waals surface area contributed by atoms with Crippen molar-refractivity contribution in [2.45, 2.75) is 84.2 Å². The number of rotatable bonds is 13. The average Bonchev–Trinajstić information content (AvgIpc) is 2.44. The fourth-order valence-electron chi connectivity index (χ4n) is 1.94. The van der Waals surface area contributed by atoms with Crippen LogP contribution in [0.25, 0.3) is 0 Å². The van der Waals surface area contributed by atoms with Crippen LogP contribution in [-0.2, 0) is 9.53 Å². The summed E-state index contributed by atoms with van der Waals surface area (Å²) in [6, 6.07) is 0. The van der Waals surface area contributed by atoms with Gasteiger partial charge in [-0.3, -0.25) is 4.79 Å². The van der Waals surface area contributed by atoms with E-state index in [1.165, 1.54) is 44.9 Å². The summed E-state index contributed by atoms with van der Waals surface area (Å²) in [4.78, 5) is 11.3. The van der Waals surface area contributed by atoms with Crippen molar-refractivity contribution in [1.29, 1.82) is 0 Å². The third-order valence-corrected chi connectivity index (χ3v) is 3.23. The Balaban J connectivity index is 3.24. The van der Waals surface area contributed by atoms with Gasteiger partial charge in [0.1, 0.15) is 6.10 Å². The Morgan fingerprint density at radius 3 is 2.30 bits per heavy atom. The molecular weight excluding hydrogens is 252 g/mol. The summed E-state index contributed by atoms with van der Waals surface area (Å²) in [5, 5.41) is 8.76. The molecular formula is C17H32O3. The highest BCUT2D eigenvalue weighted by Crippen LogP contribution is 2.09. The summed E-state index contributed by atoms with van der Waals surface area (Å²) in [5.74, 6) is -0.189. The third kappa shape index (κ3) is 13.6. The predicted octanol–water partition coefficient (Wildman–Crippen LogP) is 4.39. The minimum atomic E-state index is -0.373. The molecule has 0 aliphatic rings. The van der Waals surface area contributed by atoms with E-state index in [2.05, 4.69) is 19.1 Å². The van der Waals surface area contributed by atoms with Crippen molar-refractivity contribution >= 4 is 5.97 Å². The molecule has 0 radical (unpaired) electrons. The highest BCUT2D eigenvalue weighted by molar-refractivity contribution is 5.69. The van der Waals surface area contributed by atoms with E-state index in [-0.39, 0.29) is 18.7 Å². The van der Waals surface area contributed by atoms with Crippen molar-refractivity contribution in [2.75, 3.05) is 6.61 Å². The van der Waals surface area contributed by atoms with E-state index in [1.807, 2.05) is 0 Å². The standard InChI is InChI=1S/C17H32O3/c1-3-4-5-6-7-8-9-10-11-12-13-14-17(19)20-16(2)15-18/h6-7,16,18H,3-5,8-15H2,1-2H3/b7-6+/t16-/m1/s1. The Morgan fingerprint density at radius 1 is 1.05 bits per heavy atom. The maximum atomic E-state index is 11.3. The monoisotopic (exact) mass is 284 g/mol. The van der Waals surface area contributed by atoms with Crippen LogP contribution in [0.5, 0.6) is 0 Å². The van der Waals surface area contributed by atoms with Crippen molar-refractivity contribution in [1.82, 2.24) is 0 Å². The van der Waals surface area contributed by atoms with Crippen molar-refractivity contribution in [3.05, 3.63) is 12.2 Å². The van der Waals surface area contributed by atoms with Gasteiger partial charge in [-0.25, -0.2) is 0 Å². The first-order valence-electron chi connectivity index (χ1n) is 8.16. The number of hydrogen-bond donors (Lipinski definition) is 1. The van der Waals surface area contributed by atoms with Gasteiger partial charge < -0.3 is 9.84 Å². The average molecular weight is 284 g/mol. The molecule has 0 aliphatic carbocycles. The molecule has 0 saturated heterocycles. The smallest absolute Gasteiger partial charge is 0.306 e. The number of aliphatic hydroxyl groups is 1. The first-order valence-corrected chi connectivity index (χ1v) is 8.16. The molecule has 0 heterocycles. The fourth-order valence-corrected chi connectivity index (χ4v) is 1.94.